The number of carbonyl (C=O) groups is 1. The van der Waals surface area contributed by atoms with Gasteiger partial charge < -0.3 is 9.73 Å². The van der Waals surface area contributed by atoms with E-state index in [1.54, 1.807) is 12.1 Å². The second-order valence-corrected chi connectivity index (χ2v) is 3.24. The lowest BCUT2D eigenvalue weighted by molar-refractivity contribution is 0.0996. The lowest BCUT2D eigenvalue weighted by atomic mass is 10.2. The minimum Gasteiger partial charge on any atom is -0.459 e. The molecule has 1 N–H and O–H groups in total. The second-order valence-electron chi connectivity index (χ2n) is 3.24. The summed E-state index contributed by atoms with van der Waals surface area (Å²) in [6, 6.07) is 8.54. The van der Waals surface area contributed by atoms with Gasteiger partial charge in [-0.2, -0.15) is 5.26 Å². The third-order valence-electron chi connectivity index (χ3n) is 2.09. The van der Waals surface area contributed by atoms with E-state index in [0.717, 1.165) is 6.07 Å². The summed E-state index contributed by atoms with van der Waals surface area (Å²) in [6.45, 7) is 0. The fourth-order valence-electron chi connectivity index (χ4n) is 1.29. The van der Waals surface area contributed by atoms with E-state index in [4.69, 9.17) is 9.68 Å². The Morgan fingerprint density at radius 2 is 2.24 bits per heavy atom. The number of rotatable bonds is 2. The van der Waals surface area contributed by atoms with Gasteiger partial charge in [0.05, 0.1) is 11.8 Å². The fourth-order valence-corrected chi connectivity index (χ4v) is 1.29. The minimum atomic E-state index is -0.622. The highest BCUT2D eigenvalue weighted by atomic mass is 19.1. The first-order valence-electron chi connectivity index (χ1n) is 4.75. The molecular formula is C12H7FN2O2. The standard InChI is InChI=1S/C12H7FN2O2/c13-10-4-3-9(6-8(10)7-14)15-12(16)11-2-1-5-17-11/h1-6H,(H,15,16). The van der Waals surface area contributed by atoms with Crippen LogP contribution in [0.3, 0.4) is 0 Å². The van der Waals surface area contributed by atoms with Crippen molar-refractivity contribution in [2.45, 2.75) is 0 Å². The molecule has 0 atom stereocenters. The first-order valence-corrected chi connectivity index (χ1v) is 4.75. The molecule has 0 saturated carbocycles. The zero-order valence-corrected chi connectivity index (χ0v) is 8.61. The molecule has 1 aromatic heterocycles. The van der Waals surface area contributed by atoms with Crippen molar-refractivity contribution in [2.75, 3.05) is 5.32 Å². The molecule has 84 valence electrons. The van der Waals surface area contributed by atoms with Crippen LogP contribution in [-0.2, 0) is 0 Å². The van der Waals surface area contributed by atoms with Gasteiger partial charge in [-0.15, -0.1) is 0 Å². The van der Waals surface area contributed by atoms with Gasteiger partial charge in [-0.25, -0.2) is 4.39 Å². The number of anilines is 1. The number of benzene rings is 1. The molecule has 4 nitrogen and oxygen atoms in total. The van der Waals surface area contributed by atoms with Gasteiger partial charge in [0.2, 0.25) is 0 Å². The fraction of sp³-hybridized carbons (Fsp3) is 0. The molecule has 1 aromatic carbocycles. The Labute approximate surface area is 96.3 Å². The van der Waals surface area contributed by atoms with Crippen molar-refractivity contribution in [3.05, 3.63) is 53.7 Å². The summed E-state index contributed by atoms with van der Waals surface area (Å²) in [5.74, 6) is -0.929. The van der Waals surface area contributed by atoms with Gasteiger partial charge in [0.15, 0.2) is 5.76 Å². The summed E-state index contributed by atoms with van der Waals surface area (Å²) in [6.07, 6.45) is 1.38. The van der Waals surface area contributed by atoms with Gasteiger partial charge in [-0.1, -0.05) is 0 Å². The second kappa shape index (κ2) is 4.49. The van der Waals surface area contributed by atoms with Crippen LogP contribution in [0, 0.1) is 17.1 Å². The quantitative estimate of drug-likeness (QED) is 0.862. The number of hydrogen-bond donors (Lipinski definition) is 1. The van der Waals surface area contributed by atoms with Crippen molar-refractivity contribution in [1.82, 2.24) is 0 Å². The highest BCUT2D eigenvalue weighted by Gasteiger charge is 2.10. The van der Waals surface area contributed by atoms with Crippen LogP contribution in [0.1, 0.15) is 16.1 Å². The lowest BCUT2D eigenvalue weighted by Crippen LogP contribution is -2.11. The van der Waals surface area contributed by atoms with E-state index in [0.29, 0.717) is 5.69 Å². The molecule has 0 unspecified atom stereocenters. The molecule has 0 aliphatic heterocycles. The number of nitrogens with one attached hydrogen (secondary N) is 1. The van der Waals surface area contributed by atoms with Crippen LogP contribution in [0.4, 0.5) is 10.1 Å². The highest BCUT2D eigenvalue weighted by molar-refractivity contribution is 6.02. The number of nitriles is 1. The van der Waals surface area contributed by atoms with Crippen molar-refractivity contribution in [3.63, 3.8) is 0 Å². The van der Waals surface area contributed by atoms with Crippen LogP contribution in [0.2, 0.25) is 0 Å². The summed E-state index contributed by atoms with van der Waals surface area (Å²) in [5, 5.41) is 11.1. The molecule has 2 rings (SSSR count). The zero-order chi connectivity index (χ0) is 12.3. The molecule has 5 heteroatoms. The largest absolute Gasteiger partial charge is 0.459 e. The van der Waals surface area contributed by atoms with Crippen molar-refractivity contribution >= 4 is 11.6 Å². The third-order valence-corrected chi connectivity index (χ3v) is 2.09. The van der Waals surface area contributed by atoms with Crippen LogP contribution < -0.4 is 5.32 Å². The third kappa shape index (κ3) is 2.32. The summed E-state index contributed by atoms with van der Waals surface area (Å²) < 4.78 is 17.9. The average Bonchev–Trinajstić information content (AvgIpc) is 2.85. The van der Waals surface area contributed by atoms with Crippen molar-refractivity contribution in [1.29, 1.82) is 5.26 Å². The summed E-state index contributed by atoms with van der Waals surface area (Å²) in [5.41, 5.74) is 0.214. The van der Waals surface area contributed by atoms with Gasteiger partial charge in [0.1, 0.15) is 11.9 Å². The monoisotopic (exact) mass is 230 g/mol. The zero-order valence-electron chi connectivity index (χ0n) is 8.61. The smallest absolute Gasteiger partial charge is 0.291 e. The van der Waals surface area contributed by atoms with E-state index >= 15 is 0 Å². The molecule has 1 amide bonds. The van der Waals surface area contributed by atoms with Crippen LogP contribution in [0.5, 0.6) is 0 Å². The van der Waals surface area contributed by atoms with Gasteiger partial charge in [0.25, 0.3) is 5.91 Å². The predicted molar refractivity (Wildman–Crippen MR) is 57.8 cm³/mol. The molecular weight excluding hydrogens is 223 g/mol. The minimum absolute atomic E-state index is 0.123. The van der Waals surface area contributed by atoms with Crippen molar-refractivity contribution < 1.29 is 13.6 Å². The Bertz CT molecular complexity index is 585. The Morgan fingerprint density at radius 1 is 1.41 bits per heavy atom. The number of halogens is 1. The number of amides is 1. The SMILES string of the molecule is N#Cc1cc(NC(=O)c2ccco2)ccc1F. The van der Waals surface area contributed by atoms with E-state index in [1.807, 2.05) is 0 Å². The normalized spacial score (nSPS) is 9.65. The first-order chi connectivity index (χ1) is 8.20. The van der Waals surface area contributed by atoms with Crippen LogP contribution >= 0.6 is 0 Å². The Balaban J connectivity index is 2.20. The van der Waals surface area contributed by atoms with Crippen LogP contribution in [0.25, 0.3) is 0 Å². The number of hydrogen-bond acceptors (Lipinski definition) is 3. The van der Waals surface area contributed by atoms with Gasteiger partial charge in [0, 0.05) is 5.69 Å². The lowest BCUT2D eigenvalue weighted by Gasteiger charge is -2.03. The molecule has 0 spiro atoms. The van der Waals surface area contributed by atoms with Gasteiger partial charge in [-0.3, -0.25) is 4.79 Å². The van der Waals surface area contributed by atoms with Crippen molar-refractivity contribution in [2.24, 2.45) is 0 Å². The van der Waals surface area contributed by atoms with Crippen LogP contribution in [0.15, 0.2) is 41.0 Å². The topological polar surface area (TPSA) is 66.0 Å². The van der Waals surface area contributed by atoms with E-state index in [9.17, 15) is 9.18 Å². The summed E-state index contributed by atoms with van der Waals surface area (Å²) in [4.78, 5) is 11.6. The summed E-state index contributed by atoms with van der Waals surface area (Å²) >= 11 is 0. The molecule has 0 saturated heterocycles. The van der Waals surface area contributed by atoms with Gasteiger partial charge in [-0.05, 0) is 30.3 Å². The molecule has 17 heavy (non-hydrogen) atoms. The van der Waals surface area contributed by atoms with Gasteiger partial charge >= 0.3 is 0 Å². The van der Waals surface area contributed by atoms with E-state index < -0.39 is 11.7 Å². The molecule has 0 fully saturated rings. The first kappa shape index (κ1) is 10.9. The Morgan fingerprint density at radius 3 is 2.88 bits per heavy atom. The highest BCUT2D eigenvalue weighted by Crippen LogP contribution is 2.15. The number of carbonyl (C=O) groups excluding carboxylic acids is 1. The number of furan rings is 1. The van der Waals surface area contributed by atoms with Crippen molar-refractivity contribution in [3.8, 4) is 6.07 Å². The maximum atomic E-state index is 13.0. The Hall–Kier alpha value is -2.61. The molecule has 2 aromatic rings. The predicted octanol–water partition coefficient (Wildman–Crippen LogP) is 2.54. The molecule has 0 aliphatic carbocycles. The molecule has 0 bridgehead atoms. The van der Waals surface area contributed by atoms with E-state index in [1.165, 1.54) is 24.5 Å². The molecule has 1 heterocycles. The van der Waals surface area contributed by atoms with E-state index in [2.05, 4.69) is 5.32 Å². The molecule has 0 radical (unpaired) electrons. The Kier molecular flexibility index (Phi) is 2.88. The van der Waals surface area contributed by atoms with Crippen LogP contribution in [-0.4, -0.2) is 5.91 Å². The maximum Gasteiger partial charge on any atom is 0.291 e. The van der Waals surface area contributed by atoms with E-state index in [-0.39, 0.29) is 11.3 Å². The average molecular weight is 230 g/mol. The maximum absolute atomic E-state index is 13.0. The summed E-state index contributed by atoms with van der Waals surface area (Å²) in [7, 11) is 0. The number of nitrogens with zero attached hydrogens (tertiary/aromatic N) is 1. The molecule has 0 aliphatic rings.